The van der Waals surface area contributed by atoms with Crippen LogP contribution in [0.4, 0.5) is 5.69 Å². The Labute approximate surface area is 79.9 Å². The number of ketones is 1. The molecule has 5 heteroatoms. The number of nitrogens with one attached hydrogen (secondary N) is 1. The molecule has 0 aliphatic heterocycles. The van der Waals surface area contributed by atoms with Crippen molar-refractivity contribution in [2.24, 2.45) is 0 Å². The summed E-state index contributed by atoms with van der Waals surface area (Å²) in [7, 11) is 0. The van der Waals surface area contributed by atoms with E-state index in [2.05, 4.69) is 10.2 Å². The second-order valence-electron chi connectivity index (χ2n) is 2.92. The maximum Gasteiger partial charge on any atom is 0.245 e. The predicted molar refractivity (Wildman–Crippen MR) is 49.9 cm³/mol. The third kappa shape index (κ3) is 1.28. The van der Waals surface area contributed by atoms with Gasteiger partial charge in [0.25, 0.3) is 0 Å². The highest BCUT2D eigenvalue weighted by atomic mass is 16.3. The van der Waals surface area contributed by atoms with Gasteiger partial charge in [0.2, 0.25) is 5.78 Å². The maximum atomic E-state index is 11.7. The van der Waals surface area contributed by atoms with Crippen molar-refractivity contribution in [1.82, 2.24) is 10.2 Å². The number of anilines is 1. The third-order valence-corrected chi connectivity index (χ3v) is 1.93. The first-order valence-electron chi connectivity index (χ1n) is 4.08. The van der Waals surface area contributed by atoms with Crippen LogP contribution < -0.4 is 5.73 Å². The number of carbonyl (C=O) groups excluding carboxylic acids is 1. The summed E-state index contributed by atoms with van der Waals surface area (Å²) >= 11 is 0. The fraction of sp³-hybridized carbons (Fsp3) is 0.111. The SMILES string of the molecule is Cc1oc(C(=O)c2ccn[nH]2)cc1N. The molecule has 0 bridgehead atoms. The van der Waals surface area contributed by atoms with Crippen LogP contribution in [0, 0.1) is 6.92 Å². The predicted octanol–water partition coefficient (Wildman–Crippen LogP) is 1.12. The number of furan rings is 1. The van der Waals surface area contributed by atoms with Crippen LogP contribution >= 0.6 is 0 Å². The summed E-state index contributed by atoms with van der Waals surface area (Å²) in [5.41, 5.74) is 6.43. The Morgan fingerprint density at radius 2 is 2.43 bits per heavy atom. The van der Waals surface area contributed by atoms with E-state index in [4.69, 9.17) is 10.2 Å². The largest absolute Gasteiger partial charge is 0.456 e. The van der Waals surface area contributed by atoms with Crippen LogP contribution in [0.1, 0.15) is 22.0 Å². The molecule has 0 atom stereocenters. The zero-order valence-electron chi connectivity index (χ0n) is 7.57. The Hall–Kier alpha value is -2.04. The lowest BCUT2D eigenvalue weighted by Crippen LogP contribution is -1.99. The molecule has 14 heavy (non-hydrogen) atoms. The molecule has 72 valence electrons. The smallest absolute Gasteiger partial charge is 0.245 e. The average molecular weight is 191 g/mol. The Bertz CT molecular complexity index is 437. The van der Waals surface area contributed by atoms with Crippen LogP contribution in [0.15, 0.2) is 22.7 Å². The lowest BCUT2D eigenvalue weighted by Gasteiger charge is -1.90. The second kappa shape index (κ2) is 3.02. The Balaban J connectivity index is 2.37. The van der Waals surface area contributed by atoms with Gasteiger partial charge in [-0.3, -0.25) is 9.89 Å². The average Bonchev–Trinajstić information content (AvgIpc) is 2.76. The summed E-state index contributed by atoms with van der Waals surface area (Å²) in [4.78, 5) is 11.7. The molecule has 0 unspecified atom stereocenters. The van der Waals surface area contributed by atoms with Gasteiger partial charge in [-0.1, -0.05) is 0 Å². The van der Waals surface area contributed by atoms with Gasteiger partial charge in [0.15, 0.2) is 5.76 Å². The van der Waals surface area contributed by atoms with Gasteiger partial charge >= 0.3 is 0 Å². The summed E-state index contributed by atoms with van der Waals surface area (Å²) in [5.74, 6) is 0.527. The van der Waals surface area contributed by atoms with E-state index in [1.54, 1.807) is 13.0 Å². The molecular weight excluding hydrogens is 182 g/mol. The van der Waals surface area contributed by atoms with Crippen LogP contribution in [0.2, 0.25) is 0 Å². The highest BCUT2D eigenvalue weighted by Gasteiger charge is 2.15. The zero-order chi connectivity index (χ0) is 10.1. The van der Waals surface area contributed by atoms with E-state index in [0.717, 1.165) is 0 Å². The minimum absolute atomic E-state index is 0.226. The van der Waals surface area contributed by atoms with E-state index >= 15 is 0 Å². The van der Waals surface area contributed by atoms with Crippen LogP contribution in [0.5, 0.6) is 0 Å². The van der Waals surface area contributed by atoms with E-state index in [1.165, 1.54) is 12.3 Å². The van der Waals surface area contributed by atoms with Gasteiger partial charge in [0.05, 0.1) is 5.69 Å². The minimum atomic E-state index is -0.248. The van der Waals surface area contributed by atoms with Gasteiger partial charge in [0, 0.05) is 12.3 Å². The molecule has 3 N–H and O–H groups in total. The van der Waals surface area contributed by atoms with Crippen molar-refractivity contribution in [2.75, 3.05) is 5.73 Å². The summed E-state index contributed by atoms with van der Waals surface area (Å²) < 4.78 is 5.18. The van der Waals surface area contributed by atoms with Crippen molar-refractivity contribution in [3.05, 3.63) is 35.5 Å². The summed E-state index contributed by atoms with van der Waals surface area (Å²) in [6.45, 7) is 1.71. The third-order valence-electron chi connectivity index (χ3n) is 1.93. The molecule has 2 heterocycles. The molecule has 2 rings (SSSR count). The monoisotopic (exact) mass is 191 g/mol. The van der Waals surface area contributed by atoms with Gasteiger partial charge in [-0.15, -0.1) is 0 Å². The first-order valence-corrected chi connectivity index (χ1v) is 4.08. The van der Waals surface area contributed by atoms with E-state index in [1.807, 2.05) is 0 Å². The number of aromatic nitrogens is 2. The molecule has 0 amide bonds. The van der Waals surface area contributed by atoms with Crippen LogP contribution in [0.25, 0.3) is 0 Å². The van der Waals surface area contributed by atoms with Crippen molar-refractivity contribution >= 4 is 11.5 Å². The molecule has 0 spiro atoms. The number of carbonyl (C=O) groups is 1. The van der Waals surface area contributed by atoms with Crippen molar-refractivity contribution in [2.45, 2.75) is 6.92 Å². The topological polar surface area (TPSA) is 84.9 Å². The Kier molecular flexibility index (Phi) is 1.85. The highest BCUT2D eigenvalue weighted by Crippen LogP contribution is 2.18. The van der Waals surface area contributed by atoms with Gasteiger partial charge in [-0.2, -0.15) is 5.10 Å². The molecule has 0 aliphatic rings. The van der Waals surface area contributed by atoms with Gasteiger partial charge in [0.1, 0.15) is 11.5 Å². The molecule has 2 aromatic heterocycles. The maximum absolute atomic E-state index is 11.7. The molecule has 0 saturated heterocycles. The van der Waals surface area contributed by atoms with E-state index < -0.39 is 0 Å². The molecule has 5 nitrogen and oxygen atoms in total. The number of hydrogen-bond acceptors (Lipinski definition) is 4. The first kappa shape index (κ1) is 8.55. The first-order chi connectivity index (χ1) is 6.68. The van der Waals surface area contributed by atoms with Gasteiger partial charge < -0.3 is 10.2 Å². The second-order valence-corrected chi connectivity index (χ2v) is 2.92. The highest BCUT2D eigenvalue weighted by molar-refractivity contribution is 6.06. The van der Waals surface area contributed by atoms with Crippen LogP contribution in [0.3, 0.4) is 0 Å². The molecule has 0 aliphatic carbocycles. The molecule has 2 aromatic rings. The molecule has 0 fully saturated rings. The van der Waals surface area contributed by atoms with Gasteiger partial charge in [-0.25, -0.2) is 0 Å². The molecule has 0 radical (unpaired) electrons. The van der Waals surface area contributed by atoms with Gasteiger partial charge in [-0.05, 0) is 13.0 Å². The van der Waals surface area contributed by atoms with Crippen molar-refractivity contribution < 1.29 is 9.21 Å². The summed E-state index contributed by atoms with van der Waals surface area (Å²) in [6.07, 6.45) is 1.51. The summed E-state index contributed by atoms with van der Waals surface area (Å²) in [5, 5.41) is 6.24. The number of hydrogen-bond donors (Lipinski definition) is 2. The fourth-order valence-corrected chi connectivity index (χ4v) is 1.12. The number of rotatable bonds is 2. The number of nitrogens with two attached hydrogens (primary N) is 1. The number of H-pyrrole nitrogens is 1. The normalized spacial score (nSPS) is 10.4. The standard InChI is InChI=1S/C9H9N3O2/c1-5-6(10)4-8(14-5)9(13)7-2-3-11-12-7/h2-4H,10H2,1H3,(H,11,12). The van der Waals surface area contributed by atoms with Crippen molar-refractivity contribution in [3.63, 3.8) is 0 Å². The number of nitrogen functional groups attached to an aromatic ring is 1. The lowest BCUT2D eigenvalue weighted by molar-refractivity contribution is 0.100. The number of aromatic amines is 1. The number of nitrogens with zero attached hydrogens (tertiary/aromatic N) is 1. The minimum Gasteiger partial charge on any atom is -0.456 e. The zero-order valence-corrected chi connectivity index (χ0v) is 7.57. The quantitative estimate of drug-likeness (QED) is 0.696. The Morgan fingerprint density at radius 3 is 2.93 bits per heavy atom. The number of aryl methyl sites for hydroxylation is 1. The van der Waals surface area contributed by atoms with Crippen molar-refractivity contribution in [3.8, 4) is 0 Å². The molecular formula is C9H9N3O2. The Morgan fingerprint density at radius 1 is 1.64 bits per heavy atom. The summed E-state index contributed by atoms with van der Waals surface area (Å²) in [6, 6.07) is 3.09. The van der Waals surface area contributed by atoms with E-state index in [0.29, 0.717) is 17.1 Å². The van der Waals surface area contributed by atoms with Crippen molar-refractivity contribution in [1.29, 1.82) is 0 Å². The van der Waals surface area contributed by atoms with E-state index in [-0.39, 0.29) is 11.5 Å². The van der Waals surface area contributed by atoms with Crippen LogP contribution in [-0.4, -0.2) is 16.0 Å². The fourth-order valence-electron chi connectivity index (χ4n) is 1.12. The molecule has 0 saturated carbocycles. The molecule has 0 aromatic carbocycles. The van der Waals surface area contributed by atoms with E-state index in [9.17, 15) is 4.79 Å². The van der Waals surface area contributed by atoms with Crippen LogP contribution in [-0.2, 0) is 0 Å². The lowest BCUT2D eigenvalue weighted by atomic mass is 10.2.